The molecule has 0 aromatic heterocycles. The zero-order valence-electron chi connectivity index (χ0n) is 10.0. The first-order valence-corrected chi connectivity index (χ1v) is 5.43. The number of anilines is 1. The van der Waals surface area contributed by atoms with Gasteiger partial charge in [0.2, 0.25) is 5.91 Å². The largest absolute Gasteiger partial charge is 0.491 e. The second-order valence-corrected chi connectivity index (χ2v) is 3.61. The highest BCUT2D eigenvalue weighted by molar-refractivity contribution is 5.90. The highest BCUT2D eigenvalue weighted by Gasteiger charge is 2.12. The van der Waals surface area contributed by atoms with E-state index in [9.17, 15) is 14.9 Å². The monoisotopic (exact) mass is 253 g/mol. The second-order valence-electron chi connectivity index (χ2n) is 3.61. The fraction of sp³-hybridized carbons (Fsp3) is 0.364. The van der Waals surface area contributed by atoms with Gasteiger partial charge in [0.25, 0.3) is 5.69 Å². The number of nitrogens with zero attached hydrogens (tertiary/aromatic N) is 1. The Bertz CT molecular complexity index is 448. The Morgan fingerprint density at radius 1 is 1.56 bits per heavy atom. The van der Waals surface area contributed by atoms with Gasteiger partial charge in [-0.2, -0.15) is 0 Å². The molecule has 1 amide bonds. The van der Waals surface area contributed by atoms with Gasteiger partial charge in [-0.1, -0.05) is 0 Å². The Labute approximate surface area is 104 Å². The number of nitrogens with one attached hydrogen (secondary N) is 1. The average Bonchev–Trinajstić information content (AvgIpc) is 2.30. The number of hydrogen-bond acceptors (Lipinski definition) is 5. The quantitative estimate of drug-likeness (QED) is 0.451. The number of carbonyl (C=O) groups is 1. The molecule has 0 heterocycles. The van der Waals surface area contributed by atoms with Crippen LogP contribution in [-0.2, 0) is 4.79 Å². The number of amides is 1. The summed E-state index contributed by atoms with van der Waals surface area (Å²) in [6.45, 7) is 2.20. The number of ether oxygens (including phenoxy) is 1. The molecule has 0 bridgehead atoms. The van der Waals surface area contributed by atoms with Gasteiger partial charge in [-0.15, -0.1) is 0 Å². The zero-order chi connectivity index (χ0) is 13.5. The summed E-state index contributed by atoms with van der Waals surface area (Å²) in [5, 5.41) is 13.1. The van der Waals surface area contributed by atoms with Gasteiger partial charge in [-0.05, 0) is 19.0 Å². The van der Waals surface area contributed by atoms with Crippen molar-refractivity contribution in [1.82, 2.24) is 0 Å². The van der Waals surface area contributed by atoms with Crippen LogP contribution in [0.15, 0.2) is 18.2 Å². The molecule has 0 saturated carbocycles. The molecule has 0 aliphatic carbocycles. The van der Waals surface area contributed by atoms with E-state index in [0.29, 0.717) is 25.3 Å². The summed E-state index contributed by atoms with van der Waals surface area (Å²) in [5.41, 5.74) is 5.52. The maximum absolute atomic E-state index is 11.0. The van der Waals surface area contributed by atoms with Crippen LogP contribution < -0.4 is 15.8 Å². The summed E-state index contributed by atoms with van der Waals surface area (Å²) < 4.78 is 5.40. The molecule has 98 valence electrons. The molecule has 0 radical (unpaired) electrons. The molecule has 0 atom stereocenters. The Hall–Kier alpha value is -2.15. The molecule has 3 N–H and O–H groups in total. The third-order valence-corrected chi connectivity index (χ3v) is 2.09. The predicted molar refractivity (Wildman–Crippen MR) is 66.6 cm³/mol. The molecule has 1 aromatic carbocycles. The smallest absolute Gasteiger partial charge is 0.271 e. The lowest BCUT2D eigenvalue weighted by Crippen LogP contribution is -2.10. The average molecular weight is 253 g/mol. The van der Waals surface area contributed by atoms with Gasteiger partial charge in [0.1, 0.15) is 5.75 Å². The molecular formula is C11H15N3O4. The summed E-state index contributed by atoms with van der Waals surface area (Å²) in [5.74, 6) is 0.0726. The third-order valence-electron chi connectivity index (χ3n) is 2.09. The van der Waals surface area contributed by atoms with Crippen molar-refractivity contribution in [1.29, 1.82) is 0 Å². The molecule has 0 saturated heterocycles. The van der Waals surface area contributed by atoms with Crippen LogP contribution in [0, 0.1) is 10.1 Å². The molecule has 18 heavy (non-hydrogen) atoms. The Kier molecular flexibility index (Phi) is 5.06. The first kappa shape index (κ1) is 13.9. The molecule has 0 fully saturated rings. The summed E-state index contributed by atoms with van der Waals surface area (Å²) >= 11 is 0. The fourth-order valence-electron chi connectivity index (χ4n) is 1.31. The van der Waals surface area contributed by atoms with E-state index in [0.717, 1.165) is 0 Å². The molecule has 0 spiro atoms. The Morgan fingerprint density at radius 2 is 2.28 bits per heavy atom. The van der Waals surface area contributed by atoms with Crippen LogP contribution in [-0.4, -0.2) is 24.0 Å². The fourth-order valence-corrected chi connectivity index (χ4v) is 1.31. The zero-order valence-corrected chi connectivity index (χ0v) is 10.0. The van der Waals surface area contributed by atoms with E-state index in [2.05, 4.69) is 5.32 Å². The SMILES string of the molecule is CC(=O)Nc1cc([N+](=O)[O-])ccc1OCCCN. The number of rotatable bonds is 6. The normalized spacial score (nSPS) is 9.89. The summed E-state index contributed by atoms with van der Waals surface area (Å²) in [6.07, 6.45) is 0.663. The molecule has 0 unspecified atom stereocenters. The predicted octanol–water partition coefficient (Wildman–Crippen LogP) is 1.28. The van der Waals surface area contributed by atoms with Crippen molar-refractivity contribution in [3.63, 3.8) is 0 Å². The van der Waals surface area contributed by atoms with Crippen LogP contribution in [0.1, 0.15) is 13.3 Å². The molecule has 1 aromatic rings. The number of nitro groups is 1. The minimum atomic E-state index is -0.533. The van der Waals surface area contributed by atoms with Crippen molar-refractivity contribution < 1.29 is 14.5 Å². The van der Waals surface area contributed by atoms with Gasteiger partial charge in [-0.25, -0.2) is 0 Å². The Morgan fingerprint density at radius 3 is 2.83 bits per heavy atom. The van der Waals surface area contributed by atoms with Gasteiger partial charge < -0.3 is 15.8 Å². The van der Waals surface area contributed by atoms with Crippen molar-refractivity contribution in [3.8, 4) is 5.75 Å². The van der Waals surface area contributed by atoms with E-state index in [1.807, 2.05) is 0 Å². The minimum absolute atomic E-state index is 0.107. The van der Waals surface area contributed by atoms with Gasteiger partial charge in [-0.3, -0.25) is 14.9 Å². The van der Waals surface area contributed by atoms with E-state index in [4.69, 9.17) is 10.5 Å². The number of non-ortho nitro benzene ring substituents is 1. The van der Waals surface area contributed by atoms with E-state index < -0.39 is 4.92 Å². The summed E-state index contributed by atoms with van der Waals surface area (Å²) in [7, 11) is 0. The van der Waals surface area contributed by atoms with E-state index >= 15 is 0 Å². The standard InChI is InChI=1S/C11H15N3O4/c1-8(15)13-10-7-9(14(16)17)3-4-11(10)18-6-2-5-12/h3-4,7H,2,5-6,12H2,1H3,(H,13,15). The minimum Gasteiger partial charge on any atom is -0.491 e. The van der Waals surface area contributed by atoms with Crippen LogP contribution >= 0.6 is 0 Å². The van der Waals surface area contributed by atoms with Crippen LogP contribution in [0.5, 0.6) is 5.75 Å². The number of nitro benzene ring substituents is 1. The molecule has 0 aliphatic rings. The van der Waals surface area contributed by atoms with Crippen LogP contribution in [0.25, 0.3) is 0 Å². The number of hydrogen-bond donors (Lipinski definition) is 2. The van der Waals surface area contributed by atoms with Crippen molar-refractivity contribution in [2.75, 3.05) is 18.5 Å². The van der Waals surface area contributed by atoms with Gasteiger partial charge >= 0.3 is 0 Å². The van der Waals surface area contributed by atoms with E-state index in [-0.39, 0.29) is 17.3 Å². The highest BCUT2D eigenvalue weighted by Crippen LogP contribution is 2.29. The second kappa shape index (κ2) is 6.55. The summed E-state index contributed by atoms with van der Waals surface area (Å²) in [6, 6.07) is 4.04. The molecule has 1 rings (SSSR count). The van der Waals surface area contributed by atoms with E-state index in [1.54, 1.807) is 0 Å². The van der Waals surface area contributed by atoms with Crippen LogP contribution in [0.4, 0.5) is 11.4 Å². The number of benzene rings is 1. The maximum atomic E-state index is 11.0. The molecule has 0 aliphatic heterocycles. The lowest BCUT2D eigenvalue weighted by atomic mass is 10.2. The van der Waals surface area contributed by atoms with Crippen LogP contribution in [0.3, 0.4) is 0 Å². The van der Waals surface area contributed by atoms with Crippen LogP contribution in [0.2, 0.25) is 0 Å². The highest BCUT2D eigenvalue weighted by atomic mass is 16.6. The lowest BCUT2D eigenvalue weighted by molar-refractivity contribution is -0.384. The van der Waals surface area contributed by atoms with Crippen molar-refractivity contribution in [2.45, 2.75) is 13.3 Å². The first-order chi connectivity index (χ1) is 8.54. The van der Waals surface area contributed by atoms with Crippen molar-refractivity contribution in [2.24, 2.45) is 5.73 Å². The van der Waals surface area contributed by atoms with Crippen molar-refractivity contribution >= 4 is 17.3 Å². The van der Waals surface area contributed by atoms with Gasteiger partial charge in [0.15, 0.2) is 0 Å². The molecular weight excluding hydrogens is 238 g/mol. The first-order valence-electron chi connectivity index (χ1n) is 5.43. The summed E-state index contributed by atoms with van der Waals surface area (Å²) in [4.78, 5) is 21.1. The van der Waals surface area contributed by atoms with Gasteiger partial charge in [0.05, 0.1) is 17.2 Å². The maximum Gasteiger partial charge on any atom is 0.271 e. The lowest BCUT2D eigenvalue weighted by Gasteiger charge is -2.11. The number of carbonyl (C=O) groups excluding carboxylic acids is 1. The topological polar surface area (TPSA) is 107 Å². The number of nitrogens with two attached hydrogens (primary N) is 1. The molecule has 7 nitrogen and oxygen atoms in total. The van der Waals surface area contributed by atoms with Gasteiger partial charge in [0, 0.05) is 19.1 Å². The third kappa shape index (κ3) is 4.02. The van der Waals surface area contributed by atoms with E-state index in [1.165, 1.54) is 25.1 Å². The Balaban J connectivity index is 2.93. The van der Waals surface area contributed by atoms with Crippen molar-refractivity contribution in [3.05, 3.63) is 28.3 Å². The molecule has 7 heteroatoms.